The highest BCUT2D eigenvalue weighted by Gasteiger charge is 2.35. The van der Waals surface area contributed by atoms with Crippen molar-refractivity contribution in [2.24, 2.45) is 5.92 Å². The van der Waals surface area contributed by atoms with Gasteiger partial charge in [0.05, 0.1) is 0 Å². The maximum absolute atomic E-state index is 12.6. The highest BCUT2D eigenvalue weighted by molar-refractivity contribution is 5.87. The molecular formula is C26H30N2O5. The maximum atomic E-state index is 12.6. The first-order chi connectivity index (χ1) is 15.8. The highest BCUT2D eigenvalue weighted by atomic mass is 16.5. The van der Waals surface area contributed by atoms with Crippen molar-refractivity contribution in [3.63, 3.8) is 0 Å². The van der Waals surface area contributed by atoms with Crippen LogP contribution in [-0.4, -0.2) is 41.3 Å². The van der Waals surface area contributed by atoms with E-state index in [4.69, 9.17) is 4.74 Å². The van der Waals surface area contributed by atoms with Gasteiger partial charge in [-0.1, -0.05) is 55.0 Å². The third-order valence-corrected chi connectivity index (χ3v) is 6.68. The van der Waals surface area contributed by atoms with Crippen molar-refractivity contribution in [1.82, 2.24) is 10.6 Å². The Labute approximate surface area is 193 Å². The van der Waals surface area contributed by atoms with Crippen LogP contribution in [-0.2, 0) is 14.3 Å². The first-order valence-corrected chi connectivity index (χ1v) is 11.4. The van der Waals surface area contributed by atoms with Gasteiger partial charge in [-0.15, -0.1) is 0 Å². The van der Waals surface area contributed by atoms with E-state index in [1.165, 1.54) is 25.0 Å². The summed E-state index contributed by atoms with van der Waals surface area (Å²) in [6, 6.07) is 16.2. The Balaban J connectivity index is 1.33. The average Bonchev–Trinajstić information content (AvgIpc) is 3.11. The second-order valence-corrected chi connectivity index (χ2v) is 9.45. The van der Waals surface area contributed by atoms with E-state index in [9.17, 15) is 19.5 Å². The molecule has 0 bridgehead atoms. The van der Waals surface area contributed by atoms with Gasteiger partial charge in [0.25, 0.3) is 0 Å². The van der Waals surface area contributed by atoms with Crippen molar-refractivity contribution in [2.45, 2.75) is 57.0 Å². The lowest BCUT2D eigenvalue weighted by atomic mass is 9.84. The van der Waals surface area contributed by atoms with Crippen molar-refractivity contribution >= 4 is 18.0 Å². The first-order valence-electron chi connectivity index (χ1n) is 11.4. The molecule has 0 saturated heterocycles. The van der Waals surface area contributed by atoms with Crippen LogP contribution in [0.3, 0.4) is 0 Å². The normalized spacial score (nSPS) is 19.8. The Morgan fingerprint density at radius 3 is 2.21 bits per heavy atom. The third-order valence-electron chi connectivity index (χ3n) is 6.68. The second-order valence-electron chi connectivity index (χ2n) is 9.45. The van der Waals surface area contributed by atoms with E-state index in [1.807, 2.05) is 24.3 Å². The molecule has 0 aromatic heterocycles. The monoisotopic (exact) mass is 450 g/mol. The molecule has 0 aliphatic heterocycles. The van der Waals surface area contributed by atoms with Gasteiger partial charge in [0.1, 0.15) is 12.1 Å². The van der Waals surface area contributed by atoms with Crippen LogP contribution in [0.1, 0.15) is 56.6 Å². The summed E-state index contributed by atoms with van der Waals surface area (Å²) in [5.74, 6) is -1.72. The predicted molar refractivity (Wildman–Crippen MR) is 124 cm³/mol. The lowest BCUT2D eigenvalue weighted by Gasteiger charge is -2.31. The van der Waals surface area contributed by atoms with Gasteiger partial charge < -0.3 is 20.5 Å². The van der Waals surface area contributed by atoms with Crippen LogP contribution in [0.4, 0.5) is 4.79 Å². The van der Waals surface area contributed by atoms with Gasteiger partial charge in [0.15, 0.2) is 0 Å². The number of carboxylic acids is 1. The summed E-state index contributed by atoms with van der Waals surface area (Å²) in [5, 5.41) is 14.7. The van der Waals surface area contributed by atoms with E-state index in [0.29, 0.717) is 12.8 Å². The molecule has 3 N–H and O–H groups in total. The van der Waals surface area contributed by atoms with E-state index in [-0.39, 0.29) is 30.4 Å². The molecule has 0 heterocycles. The smallest absolute Gasteiger partial charge is 0.407 e. The summed E-state index contributed by atoms with van der Waals surface area (Å²) >= 11 is 0. The molecule has 0 unspecified atom stereocenters. The molecule has 0 radical (unpaired) electrons. The van der Waals surface area contributed by atoms with Gasteiger partial charge >= 0.3 is 12.1 Å². The standard InChI is InChI=1S/C26H30N2O5/c1-26(2,24(30)31)28-23(29)16-8-7-9-17(14-16)27-25(32)33-15-22-20-12-5-3-10-18(20)19-11-4-6-13-21(19)22/h3-6,10-13,16-17,22H,7-9,14-15H2,1-2H3,(H,27,32)(H,28,29)(H,30,31)/t16-,17-/m1/s1. The molecule has 1 saturated carbocycles. The van der Waals surface area contributed by atoms with E-state index >= 15 is 0 Å². The zero-order chi connectivity index (χ0) is 23.6. The number of ether oxygens (including phenoxy) is 1. The Kier molecular flexibility index (Phi) is 6.40. The number of rotatable bonds is 6. The van der Waals surface area contributed by atoms with Crippen LogP contribution in [0.5, 0.6) is 0 Å². The van der Waals surface area contributed by atoms with Crippen LogP contribution in [0.15, 0.2) is 48.5 Å². The van der Waals surface area contributed by atoms with Gasteiger partial charge in [0.2, 0.25) is 5.91 Å². The van der Waals surface area contributed by atoms with Crippen LogP contribution in [0.25, 0.3) is 11.1 Å². The number of benzene rings is 2. The van der Waals surface area contributed by atoms with Crippen LogP contribution in [0.2, 0.25) is 0 Å². The zero-order valence-electron chi connectivity index (χ0n) is 19.0. The maximum Gasteiger partial charge on any atom is 0.407 e. The Hall–Kier alpha value is -3.35. The van der Waals surface area contributed by atoms with Crippen LogP contribution >= 0.6 is 0 Å². The summed E-state index contributed by atoms with van der Waals surface area (Å²) in [7, 11) is 0. The molecule has 1 fully saturated rings. The number of carbonyl (C=O) groups is 3. The van der Waals surface area contributed by atoms with Crippen molar-refractivity contribution in [1.29, 1.82) is 0 Å². The van der Waals surface area contributed by atoms with Crippen molar-refractivity contribution in [3.8, 4) is 11.1 Å². The van der Waals surface area contributed by atoms with Gasteiger partial charge in [0, 0.05) is 17.9 Å². The van der Waals surface area contributed by atoms with E-state index in [0.717, 1.165) is 24.0 Å². The summed E-state index contributed by atoms with van der Waals surface area (Å²) in [4.78, 5) is 36.4. The first kappa shape index (κ1) is 22.8. The molecule has 174 valence electrons. The number of hydrogen-bond acceptors (Lipinski definition) is 4. The minimum atomic E-state index is -1.33. The van der Waals surface area contributed by atoms with Crippen LogP contribution in [0, 0.1) is 5.92 Å². The van der Waals surface area contributed by atoms with Crippen LogP contribution < -0.4 is 10.6 Å². The molecule has 2 aromatic rings. The lowest BCUT2D eigenvalue weighted by Crippen LogP contribution is -2.53. The number of carbonyl (C=O) groups excluding carboxylic acids is 2. The number of fused-ring (bicyclic) bond motifs is 3. The Morgan fingerprint density at radius 2 is 1.61 bits per heavy atom. The number of alkyl carbamates (subject to hydrolysis) is 1. The topological polar surface area (TPSA) is 105 Å². The number of nitrogens with one attached hydrogen (secondary N) is 2. The summed E-state index contributed by atoms with van der Waals surface area (Å²) < 4.78 is 5.62. The summed E-state index contributed by atoms with van der Waals surface area (Å²) in [5.41, 5.74) is 3.33. The molecule has 0 spiro atoms. The van der Waals surface area contributed by atoms with E-state index < -0.39 is 17.6 Å². The predicted octanol–water partition coefficient (Wildman–Crippen LogP) is 4.06. The fourth-order valence-corrected chi connectivity index (χ4v) is 4.83. The largest absolute Gasteiger partial charge is 0.480 e. The summed E-state index contributed by atoms with van der Waals surface area (Å²) in [6.45, 7) is 3.16. The molecule has 33 heavy (non-hydrogen) atoms. The molecular weight excluding hydrogens is 420 g/mol. The number of hydrogen-bond donors (Lipinski definition) is 3. The van der Waals surface area contributed by atoms with Gasteiger partial charge in [-0.05, 0) is 55.4 Å². The second kappa shape index (κ2) is 9.25. The quantitative estimate of drug-likeness (QED) is 0.616. The van der Waals surface area contributed by atoms with E-state index in [1.54, 1.807) is 0 Å². The fourth-order valence-electron chi connectivity index (χ4n) is 4.83. The SMILES string of the molecule is CC(C)(NC(=O)[C@@H]1CCC[C@@H](NC(=O)OCC2c3ccccc3-c3ccccc32)C1)C(=O)O. The average molecular weight is 451 g/mol. The van der Waals surface area contributed by atoms with Gasteiger partial charge in [-0.25, -0.2) is 9.59 Å². The fraction of sp³-hybridized carbons (Fsp3) is 0.423. The Morgan fingerprint density at radius 1 is 1.00 bits per heavy atom. The Bertz CT molecular complexity index is 1020. The molecule has 4 rings (SSSR count). The van der Waals surface area contributed by atoms with Crippen molar-refractivity contribution < 1.29 is 24.2 Å². The third kappa shape index (κ3) is 4.87. The van der Waals surface area contributed by atoms with Crippen molar-refractivity contribution in [2.75, 3.05) is 6.61 Å². The number of amides is 2. The number of aliphatic carboxylic acids is 1. The molecule has 7 heteroatoms. The molecule has 7 nitrogen and oxygen atoms in total. The molecule has 2 atom stereocenters. The minimum absolute atomic E-state index is 0.00807. The highest BCUT2D eigenvalue weighted by Crippen LogP contribution is 2.44. The summed E-state index contributed by atoms with van der Waals surface area (Å²) in [6.07, 6.45) is 2.18. The van der Waals surface area contributed by atoms with Crippen molar-refractivity contribution in [3.05, 3.63) is 59.7 Å². The van der Waals surface area contributed by atoms with Gasteiger partial charge in [-0.3, -0.25) is 4.79 Å². The minimum Gasteiger partial charge on any atom is -0.480 e. The molecule has 2 amide bonds. The number of carboxylic acid groups (broad SMARTS) is 1. The molecule has 2 aliphatic carbocycles. The molecule has 2 aromatic carbocycles. The molecule has 2 aliphatic rings. The van der Waals surface area contributed by atoms with E-state index in [2.05, 4.69) is 34.9 Å². The van der Waals surface area contributed by atoms with Gasteiger partial charge in [-0.2, -0.15) is 0 Å². The zero-order valence-corrected chi connectivity index (χ0v) is 19.0. The lowest BCUT2D eigenvalue weighted by molar-refractivity contribution is -0.146.